The molecule has 3 rings (SSSR count). The summed E-state index contributed by atoms with van der Waals surface area (Å²) >= 11 is 0. The van der Waals surface area contributed by atoms with Gasteiger partial charge in [-0.15, -0.1) is 0 Å². The van der Waals surface area contributed by atoms with E-state index in [0.717, 1.165) is 29.3 Å². The number of nitrogens with zero attached hydrogens (tertiary/aromatic N) is 2. The molecule has 2 aromatic rings. The Balaban J connectivity index is 1.91. The Labute approximate surface area is 124 Å². The standard InChI is InChI=1S/C17H22N2O2/c1-11-3-5-13(6-4-11)10-19-12(2)18-15-8-7-14(17(20)21)9-16(15)19/h7-9,11,13H,3-6,10H2,1-2H3,(H,20,21). The number of aromatic carboxylic acids is 1. The molecule has 0 bridgehead atoms. The van der Waals surface area contributed by atoms with E-state index in [4.69, 9.17) is 5.11 Å². The molecular weight excluding hydrogens is 264 g/mol. The number of fused-ring (bicyclic) bond motifs is 1. The summed E-state index contributed by atoms with van der Waals surface area (Å²) in [5, 5.41) is 9.16. The first-order chi connectivity index (χ1) is 10.0. The van der Waals surface area contributed by atoms with Crippen LogP contribution in [0, 0.1) is 18.8 Å². The highest BCUT2D eigenvalue weighted by molar-refractivity contribution is 5.92. The van der Waals surface area contributed by atoms with Crippen LogP contribution in [-0.2, 0) is 6.54 Å². The molecule has 0 radical (unpaired) electrons. The average molecular weight is 286 g/mol. The van der Waals surface area contributed by atoms with Gasteiger partial charge in [0, 0.05) is 6.54 Å². The molecule has 0 atom stereocenters. The fourth-order valence-corrected chi connectivity index (χ4v) is 3.38. The van der Waals surface area contributed by atoms with Gasteiger partial charge in [-0.1, -0.05) is 19.8 Å². The van der Waals surface area contributed by atoms with Gasteiger partial charge in [0.15, 0.2) is 0 Å². The summed E-state index contributed by atoms with van der Waals surface area (Å²) in [7, 11) is 0. The molecule has 4 heteroatoms. The maximum absolute atomic E-state index is 11.2. The van der Waals surface area contributed by atoms with Gasteiger partial charge in [-0.25, -0.2) is 9.78 Å². The molecule has 1 aromatic carbocycles. The monoisotopic (exact) mass is 286 g/mol. The minimum Gasteiger partial charge on any atom is -0.478 e. The summed E-state index contributed by atoms with van der Waals surface area (Å²) in [4.78, 5) is 15.7. The zero-order valence-corrected chi connectivity index (χ0v) is 12.7. The van der Waals surface area contributed by atoms with E-state index in [2.05, 4.69) is 16.5 Å². The summed E-state index contributed by atoms with van der Waals surface area (Å²) in [5.41, 5.74) is 2.17. The lowest BCUT2D eigenvalue weighted by molar-refractivity contribution is 0.0697. The van der Waals surface area contributed by atoms with E-state index in [1.807, 2.05) is 13.0 Å². The summed E-state index contributed by atoms with van der Waals surface area (Å²) in [6.45, 7) is 5.29. The summed E-state index contributed by atoms with van der Waals surface area (Å²) < 4.78 is 2.20. The van der Waals surface area contributed by atoms with Crippen LogP contribution in [0.3, 0.4) is 0 Å². The summed E-state index contributed by atoms with van der Waals surface area (Å²) in [6, 6.07) is 5.19. The van der Waals surface area contributed by atoms with Crippen molar-refractivity contribution in [2.24, 2.45) is 11.8 Å². The number of hydrogen-bond donors (Lipinski definition) is 1. The third-order valence-corrected chi connectivity index (χ3v) is 4.76. The highest BCUT2D eigenvalue weighted by Gasteiger charge is 2.20. The van der Waals surface area contributed by atoms with Crippen LogP contribution in [-0.4, -0.2) is 20.6 Å². The Kier molecular flexibility index (Phi) is 3.70. The largest absolute Gasteiger partial charge is 0.478 e. The number of rotatable bonds is 3. The maximum Gasteiger partial charge on any atom is 0.335 e. The van der Waals surface area contributed by atoms with E-state index < -0.39 is 5.97 Å². The van der Waals surface area contributed by atoms with Crippen LogP contribution in [0.1, 0.15) is 48.8 Å². The molecule has 0 unspecified atom stereocenters. The molecule has 1 fully saturated rings. The molecule has 1 aliphatic rings. The third kappa shape index (κ3) is 2.80. The average Bonchev–Trinajstić information content (AvgIpc) is 2.77. The van der Waals surface area contributed by atoms with E-state index >= 15 is 0 Å². The van der Waals surface area contributed by atoms with Gasteiger partial charge in [-0.05, 0) is 49.8 Å². The lowest BCUT2D eigenvalue weighted by atomic mass is 9.83. The maximum atomic E-state index is 11.2. The number of aromatic nitrogens is 2. The van der Waals surface area contributed by atoms with Crippen LogP contribution in [0.4, 0.5) is 0 Å². The highest BCUT2D eigenvalue weighted by Crippen LogP contribution is 2.30. The predicted octanol–water partition coefficient (Wildman–Crippen LogP) is 3.87. The second-order valence-corrected chi connectivity index (χ2v) is 6.40. The third-order valence-electron chi connectivity index (χ3n) is 4.76. The molecule has 1 heterocycles. The minimum atomic E-state index is -0.881. The highest BCUT2D eigenvalue weighted by atomic mass is 16.4. The minimum absolute atomic E-state index is 0.334. The Morgan fingerprint density at radius 3 is 2.71 bits per heavy atom. The molecule has 4 nitrogen and oxygen atoms in total. The van der Waals surface area contributed by atoms with Crippen molar-refractivity contribution in [1.29, 1.82) is 0 Å². The van der Waals surface area contributed by atoms with Crippen molar-refractivity contribution in [2.75, 3.05) is 0 Å². The molecule has 1 saturated carbocycles. The van der Waals surface area contributed by atoms with Crippen LogP contribution < -0.4 is 0 Å². The molecule has 1 N–H and O–H groups in total. The van der Waals surface area contributed by atoms with E-state index in [9.17, 15) is 4.79 Å². The van der Waals surface area contributed by atoms with Crippen molar-refractivity contribution in [2.45, 2.75) is 46.1 Å². The molecule has 21 heavy (non-hydrogen) atoms. The van der Waals surface area contributed by atoms with E-state index in [1.54, 1.807) is 12.1 Å². The number of carbonyl (C=O) groups is 1. The summed E-state index contributed by atoms with van der Waals surface area (Å²) in [6.07, 6.45) is 5.13. The van der Waals surface area contributed by atoms with Crippen molar-refractivity contribution < 1.29 is 9.90 Å². The molecule has 1 aromatic heterocycles. The van der Waals surface area contributed by atoms with Gasteiger partial charge in [0.05, 0.1) is 16.6 Å². The van der Waals surface area contributed by atoms with Crippen molar-refractivity contribution in [1.82, 2.24) is 9.55 Å². The van der Waals surface area contributed by atoms with E-state index in [1.165, 1.54) is 25.7 Å². The molecule has 0 saturated heterocycles. The number of aryl methyl sites for hydroxylation is 1. The predicted molar refractivity (Wildman–Crippen MR) is 82.6 cm³/mol. The molecule has 0 amide bonds. The van der Waals surface area contributed by atoms with Crippen LogP contribution >= 0.6 is 0 Å². The van der Waals surface area contributed by atoms with Gasteiger partial charge in [0.25, 0.3) is 0 Å². The Morgan fingerprint density at radius 1 is 1.33 bits per heavy atom. The van der Waals surface area contributed by atoms with Crippen molar-refractivity contribution in [3.63, 3.8) is 0 Å². The first-order valence-electron chi connectivity index (χ1n) is 7.75. The first kappa shape index (κ1) is 14.1. The number of carboxylic acid groups (broad SMARTS) is 1. The smallest absolute Gasteiger partial charge is 0.335 e. The molecule has 0 aliphatic heterocycles. The second-order valence-electron chi connectivity index (χ2n) is 6.40. The fourth-order valence-electron chi connectivity index (χ4n) is 3.38. The number of imidazole rings is 1. The van der Waals surface area contributed by atoms with Gasteiger partial charge >= 0.3 is 5.97 Å². The Bertz CT molecular complexity index is 667. The lowest BCUT2D eigenvalue weighted by Crippen LogP contribution is -2.18. The molecule has 112 valence electrons. The second kappa shape index (κ2) is 5.51. The van der Waals surface area contributed by atoms with Gasteiger partial charge < -0.3 is 9.67 Å². The van der Waals surface area contributed by atoms with Crippen LogP contribution in [0.2, 0.25) is 0 Å². The van der Waals surface area contributed by atoms with Gasteiger partial charge in [-0.2, -0.15) is 0 Å². The molecule has 0 spiro atoms. The molecule has 1 aliphatic carbocycles. The van der Waals surface area contributed by atoms with Crippen molar-refractivity contribution in [3.05, 3.63) is 29.6 Å². The number of hydrogen-bond acceptors (Lipinski definition) is 2. The van der Waals surface area contributed by atoms with Crippen molar-refractivity contribution in [3.8, 4) is 0 Å². The normalized spacial score (nSPS) is 22.6. The Morgan fingerprint density at radius 2 is 2.05 bits per heavy atom. The van der Waals surface area contributed by atoms with Gasteiger partial charge in [-0.3, -0.25) is 0 Å². The Hall–Kier alpha value is -1.84. The first-order valence-corrected chi connectivity index (χ1v) is 7.75. The zero-order valence-electron chi connectivity index (χ0n) is 12.7. The summed E-state index contributed by atoms with van der Waals surface area (Å²) in [5.74, 6) is 1.63. The quantitative estimate of drug-likeness (QED) is 0.931. The van der Waals surface area contributed by atoms with Crippen LogP contribution in [0.15, 0.2) is 18.2 Å². The van der Waals surface area contributed by atoms with E-state index in [-0.39, 0.29) is 0 Å². The topological polar surface area (TPSA) is 55.1 Å². The van der Waals surface area contributed by atoms with Gasteiger partial charge in [0.1, 0.15) is 5.82 Å². The van der Waals surface area contributed by atoms with Crippen LogP contribution in [0.25, 0.3) is 11.0 Å². The number of carboxylic acids is 1. The number of benzene rings is 1. The molecular formula is C17H22N2O2. The van der Waals surface area contributed by atoms with Crippen molar-refractivity contribution >= 4 is 17.0 Å². The zero-order chi connectivity index (χ0) is 15.0. The van der Waals surface area contributed by atoms with Crippen LogP contribution in [0.5, 0.6) is 0 Å². The van der Waals surface area contributed by atoms with E-state index in [0.29, 0.717) is 11.5 Å². The lowest BCUT2D eigenvalue weighted by Gasteiger charge is -2.27. The van der Waals surface area contributed by atoms with Gasteiger partial charge in [0.2, 0.25) is 0 Å². The SMILES string of the molecule is Cc1nc2ccc(C(=O)O)cc2n1CC1CCC(C)CC1. The fraction of sp³-hybridized carbons (Fsp3) is 0.529.